The first-order valence-corrected chi connectivity index (χ1v) is 15.5. The average Bonchev–Trinajstić information content (AvgIpc) is 3.29. The van der Waals surface area contributed by atoms with Crippen molar-refractivity contribution >= 4 is 23.6 Å². The summed E-state index contributed by atoms with van der Waals surface area (Å²) in [7, 11) is 0. The van der Waals surface area contributed by atoms with E-state index in [4.69, 9.17) is 9.47 Å². The Bertz CT molecular complexity index is 1520. The number of benzene rings is 2. The van der Waals surface area contributed by atoms with Crippen LogP contribution in [0.25, 0.3) is 6.08 Å². The van der Waals surface area contributed by atoms with E-state index in [-0.39, 0.29) is 29.4 Å². The summed E-state index contributed by atoms with van der Waals surface area (Å²) in [5.41, 5.74) is -0.390. The zero-order valence-corrected chi connectivity index (χ0v) is 25.5. The molecule has 1 saturated heterocycles. The number of ether oxygens (including phenoxy) is 2. The second-order valence-electron chi connectivity index (χ2n) is 13.3. The quantitative estimate of drug-likeness (QED) is 0.156. The van der Waals surface area contributed by atoms with Crippen molar-refractivity contribution in [2.45, 2.75) is 82.2 Å². The van der Waals surface area contributed by atoms with E-state index in [1.807, 2.05) is 12.1 Å². The van der Waals surface area contributed by atoms with Crippen LogP contribution in [0.15, 0.2) is 60.7 Å². The van der Waals surface area contributed by atoms with Gasteiger partial charge in [-0.15, -0.1) is 0 Å². The molecule has 2 unspecified atom stereocenters. The Hall–Kier alpha value is -3.59. The molecule has 2 fully saturated rings. The van der Waals surface area contributed by atoms with Gasteiger partial charge in [-0.3, -0.25) is 9.59 Å². The Morgan fingerprint density at radius 2 is 1.93 bits per heavy atom. The highest BCUT2D eigenvalue weighted by atomic mass is 19.4. The van der Waals surface area contributed by atoms with Gasteiger partial charge in [-0.05, 0) is 48.6 Å². The summed E-state index contributed by atoms with van der Waals surface area (Å²) >= 11 is 0. The first-order valence-electron chi connectivity index (χ1n) is 15.5. The molecule has 2 aliphatic heterocycles. The van der Waals surface area contributed by atoms with E-state index in [0.29, 0.717) is 30.9 Å². The molecule has 1 amide bonds. The minimum atomic E-state index is -4.87. The van der Waals surface area contributed by atoms with Crippen LogP contribution >= 0.6 is 0 Å². The number of carbonyl (C=O) groups is 2. The van der Waals surface area contributed by atoms with Crippen molar-refractivity contribution in [1.82, 2.24) is 0 Å². The van der Waals surface area contributed by atoms with Crippen LogP contribution in [0.1, 0.15) is 63.1 Å². The van der Waals surface area contributed by atoms with Gasteiger partial charge in [-0.1, -0.05) is 56.8 Å². The van der Waals surface area contributed by atoms with Crippen LogP contribution in [0.5, 0.6) is 5.75 Å². The third-order valence-corrected chi connectivity index (χ3v) is 10.3. The Kier molecular flexibility index (Phi) is 7.46. The molecule has 9 heteroatoms. The zero-order chi connectivity index (χ0) is 31.5. The van der Waals surface area contributed by atoms with Gasteiger partial charge in [0.2, 0.25) is 0 Å². The number of quaternary nitrogens is 1. The molecule has 5 atom stereocenters. The second kappa shape index (κ2) is 10.8. The van der Waals surface area contributed by atoms with Crippen LogP contribution in [-0.2, 0) is 26.2 Å². The minimum Gasteiger partial charge on any atom is -0.487 e. The molecule has 2 bridgehead atoms. The van der Waals surface area contributed by atoms with Crippen molar-refractivity contribution in [2.75, 3.05) is 25.0 Å². The fourth-order valence-corrected chi connectivity index (χ4v) is 9.14. The summed E-state index contributed by atoms with van der Waals surface area (Å²) in [6.07, 6.45) is 1.15. The lowest BCUT2D eigenvalue weighted by Gasteiger charge is -2.66. The number of carbonyl (C=O) groups excluding carboxylic acids is 2. The topological polar surface area (TPSA) is 64.6 Å². The molecule has 6 nitrogen and oxygen atoms in total. The van der Waals surface area contributed by atoms with E-state index in [1.165, 1.54) is 19.1 Å². The number of halogens is 3. The normalized spacial score (nSPS) is 30.3. The van der Waals surface area contributed by atoms with Gasteiger partial charge < -0.3 is 19.3 Å². The highest BCUT2D eigenvalue weighted by Crippen LogP contribution is 2.67. The van der Waals surface area contributed by atoms with Gasteiger partial charge in [0.25, 0.3) is 5.91 Å². The molecule has 1 saturated carbocycles. The summed E-state index contributed by atoms with van der Waals surface area (Å²) in [4.78, 5) is 26.2. The maximum atomic E-state index is 14.1. The first kappa shape index (κ1) is 30.4. The molecule has 2 aliphatic carbocycles. The molecular weight excluding hydrogens is 569 g/mol. The lowest BCUT2D eigenvalue weighted by molar-refractivity contribution is -0.963. The summed E-state index contributed by atoms with van der Waals surface area (Å²) in [6.45, 7) is 12.5. The summed E-state index contributed by atoms with van der Waals surface area (Å²) in [5.74, 6) is -0.790. The molecule has 234 valence electrons. The fraction of sp³-hybridized carbons (Fsp3) is 0.486. The van der Waals surface area contributed by atoms with Crippen molar-refractivity contribution in [3.8, 4) is 5.75 Å². The number of hydrogen-bond donors (Lipinski definition) is 1. The molecule has 1 spiro atoms. The standard InChI is InChI=1S/C35H39F3N2O4/c1-5-17-40(21-22(2)3)18-16-33-29-12-9-15-34(33,44-23(4)41)28(40)20-25-13-14-27(31(43-29)30(25)33)39-32(42)26(35(36,37)38)19-24-10-7-6-8-11-24/h5-8,10-11,13-14,19,22,28-29H,1,9,12,15-18,20-21H2,2-4H3/p+1/t28-,29+,33-,34?,40?/m1/s1. The predicted octanol–water partition coefficient (Wildman–Crippen LogP) is 6.74. The van der Waals surface area contributed by atoms with Crippen LogP contribution in [0.3, 0.4) is 0 Å². The van der Waals surface area contributed by atoms with E-state index in [2.05, 4.69) is 25.7 Å². The largest absolute Gasteiger partial charge is 0.487 e. The third-order valence-electron chi connectivity index (χ3n) is 10.3. The van der Waals surface area contributed by atoms with Gasteiger partial charge in [0.1, 0.15) is 23.5 Å². The number of anilines is 1. The number of hydrogen-bond acceptors (Lipinski definition) is 4. The maximum absolute atomic E-state index is 14.1. The van der Waals surface area contributed by atoms with Gasteiger partial charge in [0, 0.05) is 31.2 Å². The van der Waals surface area contributed by atoms with Crippen LogP contribution in [0, 0.1) is 5.92 Å². The third kappa shape index (κ3) is 4.57. The van der Waals surface area contributed by atoms with Crippen LogP contribution in [-0.4, -0.2) is 59.9 Å². The fourth-order valence-electron chi connectivity index (χ4n) is 9.14. The van der Waals surface area contributed by atoms with Gasteiger partial charge in [0.15, 0.2) is 5.60 Å². The molecule has 4 aliphatic rings. The monoisotopic (exact) mass is 609 g/mol. The summed E-state index contributed by atoms with van der Waals surface area (Å²) in [5, 5.41) is 2.55. The van der Waals surface area contributed by atoms with Crippen molar-refractivity contribution in [2.24, 2.45) is 5.92 Å². The van der Waals surface area contributed by atoms with E-state index < -0.39 is 28.7 Å². The number of nitrogens with zero attached hydrogens (tertiary/aromatic N) is 1. The van der Waals surface area contributed by atoms with E-state index in [0.717, 1.165) is 54.2 Å². The number of alkyl halides is 3. The maximum Gasteiger partial charge on any atom is 0.421 e. The number of piperidine rings is 1. The molecule has 1 N–H and O–H groups in total. The van der Waals surface area contributed by atoms with Gasteiger partial charge in [0.05, 0.1) is 30.7 Å². The van der Waals surface area contributed by atoms with Crippen molar-refractivity contribution in [3.63, 3.8) is 0 Å². The Morgan fingerprint density at radius 3 is 2.59 bits per heavy atom. The second-order valence-corrected chi connectivity index (χ2v) is 13.3. The molecule has 0 radical (unpaired) electrons. The predicted molar refractivity (Wildman–Crippen MR) is 162 cm³/mol. The van der Waals surface area contributed by atoms with Crippen LogP contribution in [0.4, 0.5) is 18.9 Å². The molecule has 2 aromatic carbocycles. The van der Waals surface area contributed by atoms with Crippen LogP contribution < -0.4 is 10.1 Å². The SMILES string of the molecule is C=CC[N+]1(CC(C)C)CC[C@]23c4c5ccc(NC(=O)C(=Cc6ccccc6)C(F)(F)F)c4O[C@H]2CCCC3(OC(C)=O)[C@H]1C5. The van der Waals surface area contributed by atoms with Gasteiger partial charge in [-0.2, -0.15) is 13.2 Å². The number of nitrogens with one attached hydrogen (secondary N) is 1. The van der Waals surface area contributed by atoms with Crippen molar-refractivity contribution in [3.05, 3.63) is 77.4 Å². The van der Waals surface area contributed by atoms with Gasteiger partial charge in [-0.25, -0.2) is 0 Å². The highest BCUT2D eigenvalue weighted by Gasteiger charge is 2.77. The van der Waals surface area contributed by atoms with Crippen molar-refractivity contribution in [1.29, 1.82) is 0 Å². The molecular formula is C35H40F3N2O4+. The van der Waals surface area contributed by atoms with Gasteiger partial charge >= 0.3 is 12.1 Å². The molecule has 6 rings (SSSR count). The van der Waals surface area contributed by atoms with E-state index in [9.17, 15) is 22.8 Å². The van der Waals surface area contributed by atoms with Crippen LogP contribution in [0.2, 0.25) is 0 Å². The lowest BCUT2D eigenvalue weighted by atomic mass is 9.48. The molecule has 2 aromatic rings. The summed E-state index contributed by atoms with van der Waals surface area (Å²) < 4.78 is 56.4. The Morgan fingerprint density at radius 1 is 1.18 bits per heavy atom. The molecule has 0 aromatic heterocycles. The first-order chi connectivity index (χ1) is 20.9. The van der Waals surface area contributed by atoms with E-state index in [1.54, 1.807) is 24.3 Å². The summed E-state index contributed by atoms with van der Waals surface area (Å²) in [6, 6.07) is 11.5. The highest BCUT2D eigenvalue weighted by molar-refractivity contribution is 6.08. The number of amides is 1. The smallest absolute Gasteiger partial charge is 0.421 e. The Balaban J connectivity index is 1.48. The molecule has 44 heavy (non-hydrogen) atoms. The zero-order valence-electron chi connectivity index (χ0n) is 25.5. The minimum absolute atomic E-state index is 0.0310. The average molecular weight is 610 g/mol. The number of esters is 1. The number of likely N-dealkylation sites (tertiary alicyclic amines) is 1. The van der Waals surface area contributed by atoms with E-state index >= 15 is 0 Å². The molecule has 2 heterocycles. The van der Waals surface area contributed by atoms with Crippen molar-refractivity contribution < 1.29 is 36.7 Å². The Labute approximate surface area is 256 Å². The lowest BCUT2D eigenvalue weighted by Crippen LogP contribution is -2.81. The number of rotatable bonds is 8.